The molecule has 0 fully saturated rings. The van der Waals surface area contributed by atoms with Gasteiger partial charge < -0.3 is 15.3 Å². The molecule has 0 aromatic heterocycles. The summed E-state index contributed by atoms with van der Waals surface area (Å²) in [5.41, 5.74) is -2.86. The minimum absolute atomic E-state index is 0.0278. The maximum absolute atomic E-state index is 12.9. The van der Waals surface area contributed by atoms with E-state index in [0.29, 0.717) is 18.1 Å². The zero-order valence-electron chi connectivity index (χ0n) is 11.0. The molecule has 112 valence electrons. The molecule has 2 rings (SSSR count). The molecule has 0 saturated carbocycles. The van der Waals surface area contributed by atoms with Gasteiger partial charge in [0.15, 0.2) is 5.60 Å². The highest BCUT2D eigenvalue weighted by Crippen LogP contribution is 2.43. The van der Waals surface area contributed by atoms with Gasteiger partial charge in [0, 0.05) is 5.56 Å². The fourth-order valence-electron chi connectivity index (χ4n) is 1.91. The van der Waals surface area contributed by atoms with E-state index in [1.54, 1.807) is 0 Å². The summed E-state index contributed by atoms with van der Waals surface area (Å²) in [7, 11) is 0. The van der Waals surface area contributed by atoms with Crippen LogP contribution >= 0.6 is 0 Å². The summed E-state index contributed by atoms with van der Waals surface area (Å²) in [5.74, 6) is -0.611. The van der Waals surface area contributed by atoms with Crippen LogP contribution in [0.15, 0.2) is 42.5 Å². The van der Waals surface area contributed by atoms with E-state index in [4.69, 9.17) is 0 Å². The SMILES string of the molecule is CC(O)(c1cc(-c2ccc(O)cc2)ccc1O)C(F)(F)F. The molecule has 0 spiro atoms. The first kappa shape index (κ1) is 15.2. The second-order valence-corrected chi connectivity index (χ2v) is 4.85. The molecule has 0 aliphatic heterocycles. The molecule has 1 unspecified atom stereocenters. The lowest BCUT2D eigenvalue weighted by Gasteiger charge is -2.27. The molecule has 0 aliphatic carbocycles. The first-order valence-corrected chi connectivity index (χ1v) is 6.05. The lowest BCUT2D eigenvalue weighted by molar-refractivity contribution is -0.259. The van der Waals surface area contributed by atoms with Crippen molar-refractivity contribution in [3.63, 3.8) is 0 Å². The molecule has 21 heavy (non-hydrogen) atoms. The van der Waals surface area contributed by atoms with Crippen molar-refractivity contribution < 1.29 is 28.5 Å². The molecule has 1 atom stereocenters. The van der Waals surface area contributed by atoms with Gasteiger partial charge in [0.05, 0.1) is 0 Å². The van der Waals surface area contributed by atoms with E-state index in [9.17, 15) is 28.5 Å². The number of benzene rings is 2. The molecule has 0 amide bonds. The number of halogens is 3. The van der Waals surface area contributed by atoms with Crippen LogP contribution in [0.25, 0.3) is 11.1 Å². The Hall–Kier alpha value is -2.21. The molecule has 0 aliphatic rings. The first-order chi connectivity index (χ1) is 9.63. The van der Waals surface area contributed by atoms with Crippen LogP contribution in [-0.2, 0) is 5.60 Å². The molecule has 3 N–H and O–H groups in total. The van der Waals surface area contributed by atoms with E-state index in [1.807, 2.05) is 0 Å². The number of alkyl halides is 3. The van der Waals surface area contributed by atoms with Crippen LogP contribution in [0.1, 0.15) is 12.5 Å². The monoisotopic (exact) mass is 298 g/mol. The van der Waals surface area contributed by atoms with Gasteiger partial charge in [-0.1, -0.05) is 18.2 Å². The van der Waals surface area contributed by atoms with Crippen LogP contribution in [0.5, 0.6) is 11.5 Å². The van der Waals surface area contributed by atoms with Crippen LogP contribution < -0.4 is 0 Å². The van der Waals surface area contributed by atoms with Gasteiger partial charge in [-0.25, -0.2) is 0 Å². The Morgan fingerprint density at radius 2 is 1.38 bits per heavy atom. The predicted octanol–water partition coefficient (Wildman–Crippen LogP) is 3.53. The number of phenols is 2. The fourth-order valence-corrected chi connectivity index (χ4v) is 1.91. The highest BCUT2D eigenvalue weighted by molar-refractivity contribution is 5.66. The van der Waals surface area contributed by atoms with E-state index in [2.05, 4.69) is 0 Å². The van der Waals surface area contributed by atoms with Crippen molar-refractivity contribution in [2.75, 3.05) is 0 Å². The highest BCUT2D eigenvalue weighted by atomic mass is 19.4. The van der Waals surface area contributed by atoms with E-state index >= 15 is 0 Å². The standard InChI is InChI=1S/C15H13F3O3/c1-14(21,15(16,17)18)12-8-10(4-7-13(12)20)9-2-5-11(19)6-3-9/h2-8,19-21H,1H3. The second-order valence-electron chi connectivity index (χ2n) is 4.85. The molecular weight excluding hydrogens is 285 g/mol. The van der Waals surface area contributed by atoms with Gasteiger partial charge in [-0.2, -0.15) is 13.2 Å². The summed E-state index contributed by atoms with van der Waals surface area (Å²) in [6.45, 7) is 0.586. The van der Waals surface area contributed by atoms with Crippen molar-refractivity contribution in [1.82, 2.24) is 0 Å². The summed E-state index contributed by atoms with van der Waals surface area (Å²) in [6, 6.07) is 9.43. The van der Waals surface area contributed by atoms with Gasteiger partial charge in [-0.15, -0.1) is 0 Å². The molecular formula is C15H13F3O3. The average Bonchev–Trinajstić information content (AvgIpc) is 2.39. The van der Waals surface area contributed by atoms with Crippen molar-refractivity contribution in [3.05, 3.63) is 48.0 Å². The normalized spacial score (nSPS) is 14.7. The summed E-state index contributed by atoms with van der Waals surface area (Å²) in [4.78, 5) is 0. The van der Waals surface area contributed by atoms with Crippen LogP contribution in [0.2, 0.25) is 0 Å². The van der Waals surface area contributed by atoms with Gasteiger partial charge in [0.1, 0.15) is 11.5 Å². The molecule has 0 heterocycles. The van der Waals surface area contributed by atoms with Crippen molar-refractivity contribution >= 4 is 0 Å². The Morgan fingerprint density at radius 1 is 0.857 bits per heavy atom. The maximum atomic E-state index is 12.9. The summed E-state index contributed by atoms with van der Waals surface area (Å²) in [5, 5.41) is 28.5. The number of hydrogen-bond acceptors (Lipinski definition) is 3. The minimum atomic E-state index is -4.92. The van der Waals surface area contributed by atoms with Crippen LogP contribution in [0.4, 0.5) is 13.2 Å². The fraction of sp³-hybridized carbons (Fsp3) is 0.200. The number of aromatic hydroxyl groups is 2. The van der Waals surface area contributed by atoms with Gasteiger partial charge in [-0.05, 0) is 42.3 Å². The summed E-state index contributed by atoms with van der Waals surface area (Å²) in [6.07, 6.45) is -4.92. The quantitative estimate of drug-likeness (QED) is 0.795. The van der Waals surface area contributed by atoms with E-state index in [-0.39, 0.29) is 5.75 Å². The van der Waals surface area contributed by atoms with Crippen molar-refractivity contribution in [2.45, 2.75) is 18.7 Å². The van der Waals surface area contributed by atoms with Gasteiger partial charge in [0.25, 0.3) is 0 Å². The zero-order chi connectivity index (χ0) is 15.8. The molecule has 0 saturated heterocycles. The van der Waals surface area contributed by atoms with E-state index in [1.165, 1.54) is 30.3 Å². The molecule has 0 radical (unpaired) electrons. The number of aliphatic hydroxyl groups is 1. The van der Waals surface area contributed by atoms with Crippen molar-refractivity contribution in [1.29, 1.82) is 0 Å². The Balaban J connectivity index is 2.55. The van der Waals surface area contributed by atoms with Gasteiger partial charge in [0.2, 0.25) is 0 Å². The molecule has 3 nitrogen and oxygen atoms in total. The highest BCUT2D eigenvalue weighted by Gasteiger charge is 2.52. The summed E-state index contributed by atoms with van der Waals surface area (Å²) < 4.78 is 38.7. The number of rotatable bonds is 2. The van der Waals surface area contributed by atoms with Gasteiger partial charge >= 0.3 is 6.18 Å². The maximum Gasteiger partial charge on any atom is 0.421 e. The third-order valence-electron chi connectivity index (χ3n) is 3.27. The second kappa shape index (κ2) is 4.96. The lowest BCUT2D eigenvalue weighted by atomic mass is 9.91. The third kappa shape index (κ3) is 2.80. The van der Waals surface area contributed by atoms with Gasteiger partial charge in [-0.3, -0.25) is 0 Å². The number of phenolic OH excluding ortho intramolecular Hbond substituents is 2. The topological polar surface area (TPSA) is 60.7 Å². The summed E-state index contributed by atoms with van der Waals surface area (Å²) >= 11 is 0. The molecule has 0 bridgehead atoms. The van der Waals surface area contributed by atoms with Crippen LogP contribution in [0, 0.1) is 0 Å². The van der Waals surface area contributed by atoms with E-state index in [0.717, 1.165) is 12.1 Å². The van der Waals surface area contributed by atoms with Crippen molar-refractivity contribution in [2.24, 2.45) is 0 Å². The third-order valence-corrected chi connectivity index (χ3v) is 3.27. The van der Waals surface area contributed by atoms with E-state index < -0.39 is 23.1 Å². The minimum Gasteiger partial charge on any atom is -0.508 e. The predicted molar refractivity (Wildman–Crippen MR) is 70.8 cm³/mol. The van der Waals surface area contributed by atoms with Crippen LogP contribution in [0.3, 0.4) is 0 Å². The Kier molecular flexibility index (Phi) is 3.59. The molecule has 2 aromatic rings. The first-order valence-electron chi connectivity index (χ1n) is 6.05. The average molecular weight is 298 g/mol. The smallest absolute Gasteiger partial charge is 0.421 e. The van der Waals surface area contributed by atoms with Crippen molar-refractivity contribution in [3.8, 4) is 22.6 Å². The Morgan fingerprint density at radius 3 is 1.90 bits per heavy atom. The molecule has 2 aromatic carbocycles. The Labute approximate surface area is 118 Å². The Bertz CT molecular complexity index is 646. The lowest BCUT2D eigenvalue weighted by Crippen LogP contribution is -2.39. The van der Waals surface area contributed by atoms with Crippen LogP contribution in [-0.4, -0.2) is 21.5 Å². The largest absolute Gasteiger partial charge is 0.508 e. The zero-order valence-corrected chi connectivity index (χ0v) is 11.0. The number of hydrogen-bond donors (Lipinski definition) is 3. The molecule has 6 heteroatoms.